The Balaban J connectivity index is 2.68. The van der Waals surface area contributed by atoms with Crippen molar-refractivity contribution in [2.24, 2.45) is 5.92 Å². The Labute approximate surface area is 93.8 Å². The lowest BCUT2D eigenvalue weighted by atomic mass is 9.97. The lowest BCUT2D eigenvalue weighted by molar-refractivity contribution is -0.137. The molecular weight excluding hydrogens is 213 g/mol. The second-order valence-corrected chi connectivity index (χ2v) is 3.98. The number of benzene rings is 1. The normalized spacial score (nSPS) is 13.5. The van der Waals surface area contributed by atoms with Crippen LogP contribution < -0.4 is 0 Å². The summed E-state index contributed by atoms with van der Waals surface area (Å²) >= 11 is 0. The highest BCUT2D eigenvalue weighted by Crippen LogP contribution is 2.29. The van der Waals surface area contributed by atoms with Crippen LogP contribution in [0.3, 0.4) is 0 Å². The number of alkyl halides is 3. The zero-order chi connectivity index (χ0) is 12.2. The van der Waals surface area contributed by atoms with Gasteiger partial charge in [0.1, 0.15) is 0 Å². The average molecular weight is 227 g/mol. The maximum absolute atomic E-state index is 12.3. The van der Waals surface area contributed by atoms with E-state index in [0.29, 0.717) is 5.92 Å². The fourth-order valence-corrected chi connectivity index (χ4v) is 1.55. The van der Waals surface area contributed by atoms with Crippen LogP contribution in [0.5, 0.6) is 0 Å². The van der Waals surface area contributed by atoms with Gasteiger partial charge in [0, 0.05) is 0 Å². The smallest absolute Gasteiger partial charge is 0.166 e. The second kappa shape index (κ2) is 5.19. The summed E-state index contributed by atoms with van der Waals surface area (Å²) in [5.41, 5.74) is 0.302. The van der Waals surface area contributed by atoms with Crippen molar-refractivity contribution in [3.63, 3.8) is 0 Å². The van der Waals surface area contributed by atoms with E-state index in [-0.39, 0.29) is 0 Å². The molecule has 1 aromatic rings. The summed E-state index contributed by atoms with van der Waals surface area (Å²) < 4.78 is 36.8. The molecule has 0 bridgehead atoms. The maximum Gasteiger partial charge on any atom is 0.416 e. The minimum Gasteiger partial charge on any atom is -0.166 e. The van der Waals surface area contributed by atoms with E-state index in [1.54, 1.807) is 6.08 Å². The first-order valence-corrected chi connectivity index (χ1v) is 5.13. The Morgan fingerprint density at radius 2 is 1.81 bits per heavy atom. The summed E-state index contributed by atoms with van der Waals surface area (Å²) in [7, 11) is 0. The summed E-state index contributed by atoms with van der Waals surface area (Å²) in [5, 5.41) is 0. The molecule has 0 saturated heterocycles. The first-order valence-electron chi connectivity index (χ1n) is 5.13. The topological polar surface area (TPSA) is 0 Å². The molecule has 16 heavy (non-hydrogen) atoms. The Morgan fingerprint density at radius 1 is 1.25 bits per heavy atom. The second-order valence-electron chi connectivity index (χ2n) is 3.98. The predicted molar refractivity (Wildman–Crippen MR) is 57.8 cm³/mol. The van der Waals surface area contributed by atoms with E-state index in [1.807, 2.05) is 6.92 Å². The molecule has 1 atom stereocenters. The summed E-state index contributed by atoms with van der Waals surface area (Å²) in [6.45, 7) is 7.31. The Bertz CT molecular complexity index is 335. The van der Waals surface area contributed by atoms with Gasteiger partial charge in [-0.25, -0.2) is 0 Å². The van der Waals surface area contributed by atoms with Crippen molar-refractivity contribution in [2.45, 2.75) is 25.9 Å². The molecule has 1 unspecified atom stereocenters. The van der Waals surface area contributed by atoms with Gasteiger partial charge in [0.15, 0.2) is 0 Å². The molecule has 0 aromatic heterocycles. The zero-order valence-electron chi connectivity index (χ0n) is 9.09. The molecule has 0 N–H and O–H groups in total. The van der Waals surface area contributed by atoms with E-state index >= 15 is 0 Å². The van der Waals surface area contributed by atoms with Crippen LogP contribution in [0.25, 0.3) is 0 Å². The first kappa shape index (κ1) is 12.8. The van der Waals surface area contributed by atoms with Crippen LogP contribution in [0.1, 0.15) is 24.5 Å². The fraction of sp³-hybridized carbons (Fsp3) is 0.385. The molecule has 0 fully saturated rings. The third-order valence-corrected chi connectivity index (χ3v) is 2.40. The number of rotatable bonds is 4. The molecule has 0 aliphatic carbocycles. The van der Waals surface area contributed by atoms with E-state index in [2.05, 4.69) is 0 Å². The van der Waals surface area contributed by atoms with Crippen LogP contribution in [0.2, 0.25) is 0 Å². The third kappa shape index (κ3) is 3.72. The summed E-state index contributed by atoms with van der Waals surface area (Å²) in [5.74, 6) is 0.349. The molecule has 1 aromatic carbocycles. The lowest BCUT2D eigenvalue weighted by Gasteiger charge is -2.10. The van der Waals surface area contributed by atoms with E-state index < -0.39 is 11.7 Å². The van der Waals surface area contributed by atoms with Crippen LogP contribution in [0, 0.1) is 12.5 Å². The molecular formula is C13H14F3. The van der Waals surface area contributed by atoms with Gasteiger partial charge < -0.3 is 0 Å². The van der Waals surface area contributed by atoms with Crippen LogP contribution in [-0.4, -0.2) is 0 Å². The van der Waals surface area contributed by atoms with Crippen molar-refractivity contribution in [2.75, 3.05) is 0 Å². The standard InChI is InChI=1S/C13H14F3/c1-3-4-10(2)9-11-5-7-12(8-6-11)13(14,15)16/h1,3,5-8,10H,4,9H2,2H3. The number of halogens is 3. The van der Waals surface area contributed by atoms with E-state index in [0.717, 1.165) is 30.5 Å². The first-order chi connectivity index (χ1) is 7.43. The molecule has 0 spiro atoms. The van der Waals surface area contributed by atoms with Gasteiger partial charge in [0.25, 0.3) is 0 Å². The summed E-state index contributed by atoms with van der Waals surface area (Å²) in [4.78, 5) is 0. The maximum atomic E-state index is 12.3. The number of hydrogen-bond donors (Lipinski definition) is 0. The highest BCUT2D eigenvalue weighted by atomic mass is 19.4. The molecule has 3 heteroatoms. The van der Waals surface area contributed by atoms with Gasteiger partial charge in [0.2, 0.25) is 0 Å². The monoisotopic (exact) mass is 227 g/mol. The van der Waals surface area contributed by atoms with Gasteiger partial charge in [-0.1, -0.05) is 31.7 Å². The van der Waals surface area contributed by atoms with Gasteiger partial charge in [0.05, 0.1) is 5.56 Å². The zero-order valence-corrected chi connectivity index (χ0v) is 9.09. The minimum atomic E-state index is -4.25. The van der Waals surface area contributed by atoms with Gasteiger partial charge in [-0.05, 0) is 36.5 Å². The molecule has 0 aliphatic rings. The highest BCUT2D eigenvalue weighted by molar-refractivity contribution is 5.24. The van der Waals surface area contributed by atoms with Crippen molar-refractivity contribution in [3.8, 4) is 0 Å². The molecule has 0 nitrogen and oxygen atoms in total. The fourth-order valence-electron chi connectivity index (χ4n) is 1.55. The van der Waals surface area contributed by atoms with Gasteiger partial charge in [-0.3, -0.25) is 0 Å². The molecule has 0 heterocycles. The summed E-state index contributed by atoms with van der Waals surface area (Å²) in [6, 6.07) is 5.29. The molecule has 1 rings (SSSR count). The molecule has 0 amide bonds. The molecule has 87 valence electrons. The molecule has 1 radical (unpaired) electrons. The number of allylic oxidation sites excluding steroid dienone is 1. The Morgan fingerprint density at radius 3 is 2.25 bits per heavy atom. The predicted octanol–water partition coefficient (Wildman–Crippen LogP) is 4.26. The van der Waals surface area contributed by atoms with Crippen LogP contribution >= 0.6 is 0 Å². The van der Waals surface area contributed by atoms with Crippen LogP contribution in [0.15, 0.2) is 30.3 Å². The lowest BCUT2D eigenvalue weighted by Crippen LogP contribution is -2.05. The van der Waals surface area contributed by atoms with Gasteiger partial charge in [-0.15, -0.1) is 0 Å². The van der Waals surface area contributed by atoms with Crippen molar-refractivity contribution in [3.05, 3.63) is 48.0 Å². The van der Waals surface area contributed by atoms with Gasteiger partial charge in [-0.2, -0.15) is 13.2 Å². The van der Waals surface area contributed by atoms with E-state index in [1.165, 1.54) is 12.1 Å². The van der Waals surface area contributed by atoms with Crippen molar-refractivity contribution >= 4 is 0 Å². The van der Waals surface area contributed by atoms with Crippen LogP contribution in [0.4, 0.5) is 13.2 Å². The van der Waals surface area contributed by atoms with E-state index in [4.69, 9.17) is 6.58 Å². The highest BCUT2D eigenvalue weighted by Gasteiger charge is 2.29. The largest absolute Gasteiger partial charge is 0.416 e. The van der Waals surface area contributed by atoms with Crippen LogP contribution in [-0.2, 0) is 12.6 Å². The van der Waals surface area contributed by atoms with E-state index in [9.17, 15) is 13.2 Å². The van der Waals surface area contributed by atoms with Gasteiger partial charge >= 0.3 is 6.18 Å². The third-order valence-electron chi connectivity index (χ3n) is 2.40. The Kier molecular flexibility index (Phi) is 4.16. The van der Waals surface area contributed by atoms with Crippen molar-refractivity contribution in [1.82, 2.24) is 0 Å². The minimum absolute atomic E-state index is 0.349. The van der Waals surface area contributed by atoms with Crippen molar-refractivity contribution < 1.29 is 13.2 Å². The average Bonchev–Trinajstić information content (AvgIpc) is 2.17. The molecule has 0 aliphatic heterocycles. The quantitative estimate of drug-likeness (QED) is 0.720. The summed E-state index contributed by atoms with van der Waals surface area (Å²) in [6.07, 6.45) is -1.17. The number of hydrogen-bond acceptors (Lipinski definition) is 0. The molecule has 0 saturated carbocycles. The SMILES string of the molecule is [CH]=CCC(C)Cc1ccc(C(F)(F)F)cc1. The Hall–Kier alpha value is -1.25. The van der Waals surface area contributed by atoms with Crippen molar-refractivity contribution in [1.29, 1.82) is 0 Å².